The van der Waals surface area contributed by atoms with Gasteiger partial charge in [-0.2, -0.15) is 0 Å². The maximum atomic E-state index is 12.6. The topological polar surface area (TPSA) is 29.5 Å². The average Bonchev–Trinajstić information content (AvgIpc) is 3.04. The normalized spacial score (nSPS) is 23.2. The van der Waals surface area contributed by atoms with Crippen LogP contribution in [0.25, 0.3) is 0 Å². The summed E-state index contributed by atoms with van der Waals surface area (Å²) in [5.41, 5.74) is 0. The smallest absolute Gasteiger partial charge is 0.249 e. The van der Waals surface area contributed by atoms with Gasteiger partial charge in [-0.15, -0.1) is 11.3 Å². The molecule has 4 heteroatoms. The molecule has 0 N–H and O–H groups in total. The molecule has 2 rings (SSSR count). The number of ether oxygens (including phenoxy) is 1. The second-order valence-corrected chi connectivity index (χ2v) is 7.58. The van der Waals surface area contributed by atoms with E-state index in [2.05, 4.69) is 32.2 Å². The number of carbonyl (C=O) groups excluding carboxylic acids is 1. The Morgan fingerprint density at radius 1 is 1.41 bits per heavy atom. The lowest BCUT2D eigenvalue weighted by Gasteiger charge is -2.30. The molecule has 0 spiro atoms. The summed E-state index contributed by atoms with van der Waals surface area (Å²) in [7, 11) is 0. The number of thiophene rings is 1. The predicted octanol–water partition coefficient (Wildman–Crippen LogP) is 4.47. The number of rotatable bonds is 7. The standard InChI is InChI=1S/C18H29NO2S/c1-4-15(3)19(12-17-6-5-11-22-17)18(20)13-21-16-9-7-14(2)8-10-16/h5-6,11,14-16H,4,7-10,12-13H2,1-3H3. The molecule has 1 aliphatic carbocycles. The highest BCUT2D eigenvalue weighted by Crippen LogP contribution is 2.25. The van der Waals surface area contributed by atoms with Crippen LogP contribution in [0, 0.1) is 5.92 Å². The first-order valence-electron chi connectivity index (χ1n) is 8.53. The van der Waals surface area contributed by atoms with Crippen molar-refractivity contribution in [3.63, 3.8) is 0 Å². The fourth-order valence-electron chi connectivity index (χ4n) is 2.95. The van der Waals surface area contributed by atoms with Gasteiger partial charge in [-0.05, 0) is 56.4 Å². The summed E-state index contributed by atoms with van der Waals surface area (Å²) >= 11 is 1.71. The van der Waals surface area contributed by atoms with Gasteiger partial charge < -0.3 is 9.64 Å². The van der Waals surface area contributed by atoms with Gasteiger partial charge in [0.1, 0.15) is 6.61 Å². The molecule has 1 heterocycles. The van der Waals surface area contributed by atoms with E-state index in [1.54, 1.807) is 11.3 Å². The predicted molar refractivity (Wildman–Crippen MR) is 92.0 cm³/mol. The molecule has 1 aromatic heterocycles. The Hall–Kier alpha value is -0.870. The Labute approximate surface area is 138 Å². The summed E-state index contributed by atoms with van der Waals surface area (Å²) in [6.45, 7) is 7.48. The first kappa shape index (κ1) is 17.5. The highest BCUT2D eigenvalue weighted by Gasteiger charge is 2.23. The summed E-state index contributed by atoms with van der Waals surface area (Å²) in [6.07, 6.45) is 5.90. The number of amides is 1. The van der Waals surface area contributed by atoms with Crippen LogP contribution in [0.3, 0.4) is 0 Å². The van der Waals surface area contributed by atoms with Crippen LogP contribution in [-0.4, -0.2) is 29.6 Å². The maximum absolute atomic E-state index is 12.6. The van der Waals surface area contributed by atoms with Crippen molar-refractivity contribution in [3.05, 3.63) is 22.4 Å². The Balaban J connectivity index is 1.85. The molecular formula is C18H29NO2S. The number of hydrogen-bond donors (Lipinski definition) is 0. The molecule has 1 saturated carbocycles. The summed E-state index contributed by atoms with van der Waals surface area (Å²) in [5, 5.41) is 2.06. The number of carbonyl (C=O) groups is 1. The van der Waals surface area contributed by atoms with Gasteiger partial charge in [0.15, 0.2) is 0 Å². The highest BCUT2D eigenvalue weighted by atomic mass is 32.1. The zero-order valence-electron chi connectivity index (χ0n) is 14.1. The van der Waals surface area contributed by atoms with Crippen LogP contribution in [0.2, 0.25) is 0 Å². The van der Waals surface area contributed by atoms with Crippen LogP contribution in [0.15, 0.2) is 17.5 Å². The largest absolute Gasteiger partial charge is 0.368 e. The lowest BCUT2D eigenvalue weighted by Crippen LogP contribution is -2.40. The van der Waals surface area contributed by atoms with Crippen molar-refractivity contribution >= 4 is 17.2 Å². The van der Waals surface area contributed by atoms with Crippen molar-refractivity contribution in [2.75, 3.05) is 6.61 Å². The maximum Gasteiger partial charge on any atom is 0.249 e. The minimum Gasteiger partial charge on any atom is -0.368 e. The van der Waals surface area contributed by atoms with E-state index >= 15 is 0 Å². The van der Waals surface area contributed by atoms with Crippen molar-refractivity contribution < 1.29 is 9.53 Å². The van der Waals surface area contributed by atoms with Crippen molar-refractivity contribution in [3.8, 4) is 0 Å². The average molecular weight is 324 g/mol. The zero-order valence-corrected chi connectivity index (χ0v) is 14.9. The molecule has 22 heavy (non-hydrogen) atoms. The van der Waals surface area contributed by atoms with Crippen LogP contribution >= 0.6 is 11.3 Å². The van der Waals surface area contributed by atoms with Crippen LogP contribution in [-0.2, 0) is 16.1 Å². The molecule has 1 aliphatic rings. The fraction of sp³-hybridized carbons (Fsp3) is 0.722. The second kappa shape index (κ2) is 8.68. The van der Waals surface area contributed by atoms with E-state index in [4.69, 9.17) is 4.74 Å². The fourth-order valence-corrected chi connectivity index (χ4v) is 3.65. The van der Waals surface area contributed by atoms with Gasteiger partial charge in [-0.1, -0.05) is 19.9 Å². The third-order valence-corrected chi connectivity index (χ3v) is 5.62. The summed E-state index contributed by atoms with van der Waals surface area (Å²) in [6, 6.07) is 4.39. The van der Waals surface area contributed by atoms with Crippen LogP contribution < -0.4 is 0 Å². The van der Waals surface area contributed by atoms with E-state index in [1.165, 1.54) is 17.7 Å². The highest BCUT2D eigenvalue weighted by molar-refractivity contribution is 7.09. The minimum absolute atomic E-state index is 0.126. The first-order chi connectivity index (χ1) is 10.6. The molecule has 0 aliphatic heterocycles. The van der Waals surface area contributed by atoms with Gasteiger partial charge in [0.2, 0.25) is 5.91 Å². The van der Waals surface area contributed by atoms with E-state index in [-0.39, 0.29) is 24.7 Å². The van der Waals surface area contributed by atoms with Crippen molar-refractivity contribution in [2.45, 2.75) is 71.6 Å². The second-order valence-electron chi connectivity index (χ2n) is 6.55. The van der Waals surface area contributed by atoms with Crippen LogP contribution in [0.5, 0.6) is 0 Å². The van der Waals surface area contributed by atoms with Gasteiger partial charge in [0.25, 0.3) is 0 Å². The zero-order chi connectivity index (χ0) is 15.9. The van der Waals surface area contributed by atoms with Gasteiger partial charge in [0, 0.05) is 10.9 Å². The lowest BCUT2D eigenvalue weighted by atomic mass is 9.89. The Morgan fingerprint density at radius 2 is 2.14 bits per heavy atom. The van der Waals surface area contributed by atoms with E-state index < -0.39 is 0 Å². The van der Waals surface area contributed by atoms with E-state index in [9.17, 15) is 4.79 Å². The first-order valence-corrected chi connectivity index (χ1v) is 9.41. The molecule has 1 fully saturated rings. The van der Waals surface area contributed by atoms with Crippen molar-refractivity contribution in [1.82, 2.24) is 4.90 Å². The molecule has 3 nitrogen and oxygen atoms in total. The number of nitrogens with zero attached hydrogens (tertiary/aromatic N) is 1. The third-order valence-electron chi connectivity index (χ3n) is 4.75. The van der Waals surface area contributed by atoms with Crippen LogP contribution in [0.4, 0.5) is 0 Å². The molecule has 124 valence electrons. The van der Waals surface area contributed by atoms with E-state index in [0.717, 1.165) is 25.2 Å². The van der Waals surface area contributed by atoms with Crippen molar-refractivity contribution in [2.24, 2.45) is 5.92 Å². The molecule has 1 aromatic rings. The van der Waals surface area contributed by atoms with Gasteiger partial charge >= 0.3 is 0 Å². The molecule has 0 saturated heterocycles. The molecule has 1 atom stereocenters. The molecular weight excluding hydrogens is 294 g/mol. The molecule has 1 amide bonds. The minimum atomic E-state index is 0.126. The van der Waals surface area contributed by atoms with E-state index in [0.29, 0.717) is 6.54 Å². The monoisotopic (exact) mass is 323 g/mol. The lowest BCUT2D eigenvalue weighted by molar-refractivity contribution is -0.141. The van der Waals surface area contributed by atoms with Gasteiger partial charge in [0.05, 0.1) is 12.6 Å². The Kier molecular flexibility index (Phi) is 6.90. The molecule has 0 radical (unpaired) electrons. The van der Waals surface area contributed by atoms with Crippen molar-refractivity contribution in [1.29, 1.82) is 0 Å². The molecule has 0 bridgehead atoms. The summed E-state index contributed by atoms with van der Waals surface area (Å²) < 4.78 is 5.90. The molecule has 1 unspecified atom stereocenters. The van der Waals surface area contributed by atoms with Crippen LogP contribution in [0.1, 0.15) is 57.8 Å². The van der Waals surface area contributed by atoms with Gasteiger partial charge in [-0.25, -0.2) is 0 Å². The third kappa shape index (κ3) is 5.10. The Bertz CT molecular complexity index is 438. The summed E-state index contributed by atoms with van der Waals surface area (Å²) in [4.78, 5) is 15.8. The van der Waals surface area contributed by atoms with Gasteiger partial charge in [-0.3, -0.25) is 4.79 Å². The Morgan fingerprint density at radius 3 is 2.73 bits per heavy atom. The van der Waals surface area contributed by atoms with E-state index in [1.807, 2.05) is 11.0 Å². The summed E-state index contributed by atoms with van der Waals surface area (Å²) in [5.74, 6) is 0.937. The number of hydrogen-bond acceptors (Lipinski definition) is 3. The quantitative estimate of drug-likeness (QED) is 0.741. The molecule has 0 aromatic carbocycles. The SMILES string of the molecule is CCC(C)N(Cc1cccs1)C(=O)COC1CCC(C)CC1.